The van der Waals surface area contributed by atoms with E-state index in [9.17, 15) is 9.90 Å². The van der Waals surface area contributed by atoms with Crippen LogP contribution in [0.2, 0.25) is 0 Å². The number of nitriles is 1. The summed E-state index contributed by atoms with van der Waals surface area (Å²) in [5, 5.41) is 18.3. The second-order valence-corrected chi connectivity index (χ2v) is 4.38. The average Bonchev–Trinajstić information content (AvgIpc) is 2.69. The molecule has 1 atom stereocenters. The van der Waals surface area contributed by atoms with Gasteiger partial charge in [-0.1, -0.05) is 0 Å². The van der Waals surface area contributed by atoms with Gasteiger partial charge in [-0.2, -0.15) is 5.26 Å². The molecule has 1 unspecified atom stereocenters. The maximum absolute atomic E-state index is 12.2. The third kappa shape index (κ3) is 2.32. The molecule has 0 bridgehead atoms. The molecule has 1 aromatic rings. The molecule has 0 saturated carbocycles. The van der Waals surface area contributed by atoms with Crippen molar-refractivity contribution in [2.24, 2.45) is 7.05 Å². The molecule has 5 nitrogen and oxygen atoms in total. The summed E-state index contributed by atoms with van der Waals surface area (Å²) in [4.78, 5) is 13.8. The highest BCUT2D eigenvalue weighted by atomic mass is 16.3. The highest BCUT2D eigenvalue weighted by molar-refractivity contribution is 5.93. The lowest BCUT2D eigenvalue weighted by Gasteiger charge is -2.30. The fraction of sp³-hybridized carbons (Fsp3) is 0.500. The quantitative estimate of drug-likeness (QED) is 0.767. The molecular weight excluding hydrogens is 218 g/mol. The Kier molecular flexibility index (Phi) is 3.16. The SMILES string of the molecule is Cn1cc(C#N)cc1C(=O)N1CCCC(O)C1. The zero-order chi connectivity index (χ0) is 12.4. The summed E-state index contributed by atoms with van der Waals surface area (Å²) in [5.41, 5.74) is 0.976. The monoisotopic (exact) mass is 233 g/mol. The summed E-state index contributed by atoms with van der Waals surface area (Å²) in [7, 11) is 1.74. The summed E-state index contributed by atoms with van der Waals surface area (Å²) in [6, 6.07) is 3.60. The first-order chi connectivity index (χ1) is 8.11. The lowest BCUT2D eigenvalue weighted by Crippen LogP contribution is -2.42. The van der Waals surface area contributed by atoms with Crippen molar-refractivity contribution in [3.05, 3.63) is 23.5 Å². The van der Waals surface area contributed by atoms with E-state index in [0.717, 1.165) is 12.8 Å². The number of nitrogens with zero attached hydrogens (tertiary/aromatic N) is 3. The van der Waals surface area contributed by atoms with Crippen LogP contribution in [0.1, 0.15) is 28.9 Å². The lowest BCUT2D eigenvalue weighted by atomic mass is 10.1. The van der Waals surface area contributed by atoms with Crippen LogP contribution in [0.4, 0.5) is 0 Å². The average molecular weight is 233 g/mol. The van der Waals surface area contributed by atoms with Crippen molar-refractivity contribution in [3.63, 3.8) is 0 Å². The molecule has 5 heteroatoms. The van der Waals surface area contributed by atoms with Gasteiger partial charge in [0.15, 0.2) is 0 Å². The van der Waals surface area contributed by atoms with Crippen LogP contribution in [-0.4, -0.2) is 39.7 Å². The van der Waals surface area contributed by atoms with E-state index >= 15 is 0 Å². The Morgan fingerprint density at radius 3 is 3.00 bits per heavy atom. The molecule has 17 heavy (non-hydrogen) atoms. The number of likely N-dealkylation sites (tertiary alicyclic amines) is 1. The number of hydrogen-bond donors (Lipinski definition) is 1. The molecule has 1 N–H and O–H groups in total. The Morgan fingerprint density at radius 1 is 1.65 bits per heavy atom. The molecule has 0 radical (unpaired) electrons. The Balaban J connectivity index is 2.19. The van der Waals surface area contributed by atoms with E-state index in [1.54, 1.807) is 28.8 Å². The highest BCUT2D eigenvalue weighted by Crippen LogP contribution is 2.15. The minimum atomic E-state index is -0.427. The molecule has 1 aromatic heterocycles. The fourth-order valence-electron chi connectivity index (χ4n) is 2.14. The van der Waals surface area contributed by atoms with Crippen LogP contribution in [0.15, 0.2) is 12.3 Å². The Morgan fingerprint density at radius 2 is 2.41 bits per heavy atom. The maximum Gasteiger partial charge on any atom is 0.270 e. The molecule has 90 valence electrons. The molecule has 1 aliphatic rings. The summed E-state index contributed by atoms with van der Waals surface area (Å²) in [5.74, 6) is -0.118. The number of aliphatic hydroxyl groups is 1. The van der Waals surface area contributed by atoms with E-state index < -0.39 is 6.10 Å². The molecule has 0 aromatic carbocycles. The second-order valence-electron chi connectivity index (χ2n) is 4.38. The van der Waals surface area contributed by atoms with Gasteiger partial charge in [0, 0.05) is 26.3 Å². The predicted molar refractivity (Wildman–Crippen MR) is 61.3 cm³/mol. The van der Waals surface area contributed by atoms with Crippen LogP contribution >= 0.6 is 0 Å². The zero-order valence-corrected chi connectivity index (χ0v) is 9.76. The number of β-amino-alcohol motifs (C(OH)–C–C–N with tert-alkyl or cyclic N) is 1. The number of hydrogen-bond acceptors (Lipinski definition) is 3. The predicted octanol–water partition coefficient (Wildman–Crippen LogP) is 0.494. The van der Waals surface area contributed by atoms with Crippen molar-refractivity contribution < 1.29 is 9.90 Å². The standard InChI is InChI=1S/C12H15N3O2/c1-14-7-9(6-13)5-11(14)12(17)15-4-2-3-10(16)8-15/h5,7,10,16H,2-4,8H2,1H3. The largest absolute Gasteiger partial charge is 0.391 e. The summed E-state index contributed by atoms with van der Waals surface area (Å²) >= 11 is 0. The Hall–Kier alpha value is -1.80. The number of aryl methyl sites for hydroxylation is 1. The number of carbonyl (C=O) groups excluding carboxylic acids is 1. The molecular formula is C12H15N3O2. The molecule has 1 amide bonds. The zero-order valence-electron chi connectivity index (χ0n) is 9.76. The maximum atomic E-state index is 12.2. The molecule has 1 aliphatic heterocycles. The van der Waals surface area contributed by atoms with Gasteiger partial charge in [-0.25, -0.2) is 0 Å². The van der Waals surface area contributed by atoms with Crippen molar-refractivity contribution in [1.82, 2.24) is 9.47 Å². The Labute approximate surface area is 99.9 Å². The number of aromatic nitrogens is 1. The first-order valence-electron chi connectivity index (χ1n) is 5.65. The number of carbonyl (C=O) groups is 1. The second kappa shape index (κ2) is 4.60. The summed E-state index contributed by atoms with van der Waals surface area (Å²) in [6.07, 6.45) is 2.78. The number of piperidine rings is 1. The number of aliphatic hydroxyl groups excluding tert-OH is 1. The Bertz CT molecular complexity index is 473. The van der Waals surface area contributed by atoms with Gasteiger partial charge in [0.05, 0.1) is 11.7 Å². The highest BCUT2D eigenvalue weighted by Gasteiger charge is 2.24. The minimum Gasteiger partial charge on any atom is -0.391 e. The van der Waals surface area contributed by atoms with E-state index in [1.807, 2.05) is 6.07 Å². The third-order valence-electron chi connectivity index (χ3n) is 3.04. The van der Waals surface area contributed by atoms with Crippen LogP contribution in [0.3, 0.4) is 0 Å². The normalized spacial score (nSPS) is 20.1. The van der Waals surface area contributed by atoms with Gasteiger partial charge < -0.3 is 14.6 Å². The van der Waals surface area contributed by atoms with Crippen molar-refractivity contribution in [2.45, 2.75) is 18.9 Å². The van der Waals surface area contributed by atoms with Gasteiger partial charge in [-0.05, 0) is 18.9 Å². The minimum absolute atomic E-state index is 0.118. The van der Waals surface area contributed by atoms with E-state index in [4.69, 9.17) is 5.26 Å². The van der Waals surface area contributed by atoms with Gasteiger partial charge in [0.1, 0.15) is 11.8 Å². The third-order valence-corrected chi connectivity index (χ3v) is 3.04. The smallest absolute Gasteiger partial charge is 0.270 e. The lowest BCUT2D eigenvalue weighted by molar-refractivity contribution is 0.0466. The van der Waals surface area contributed by atoms with Crippen molar-refractivity contribution in [3.8, 4) is 6.07 Å². The van der Waals surface area contributed by atoms with Gasteiger partial charge >= 0.3 is 0 Å². The van der Waals surface area contributed by atoms with Crippen molar-refractivity contribution in [2.75, 3.05) is 13.1 Å². The van der Waals surface area contributed by atoms with Gasteiger partial charge in [0.25, 0.3) is 5.91 Å². The van der Waals surface area contributed by atoms with E-state index in [1.165, 1.54) is 0 Å². The number of rotatable bonds is 1. The van der Waals surface area contributed by atoms with Gasteiger partial charge in [-0.3, -0.25) is 4.79 Å². The first-order valence-corrected chi connectivity index (χ1v) is 5.65. The summed E-state index contributed by atoms with van der Waals surface area (Å²) in [6.45, 7) is 1.05. The van der Waals surface area contributed by atoms with Crippen molar-refractivity contribution >= 4 is 5.91 Å². The fourth-order valence-corrected chi connectivity index (χ4v) is 2.14. The van der Waals surface area contributed by atoms with Crippen LogP contribution in [0, 0.1) is 11.3 Å². The first kappa shape index (κ1) is 11.7. The summed E-state index contributed by atoms with van der Waals surface area (Å²) < 4.78 is 1.65. The van der Waals surface area contributed by atoms with E-state index in [-0.39, 0.29) is 5.91 Å². The van der Waals surface area contributed by atoms with Crippen LogP contribution in [0.25, 0.3) is 0 Å². The molecule has 0 spiro atoms. The van der Waals surface area contributed by atoms with Crippen LogP contribution < -0.4 is 0 Å². The molecule has 1 fully saturated rings. The molecule has 0 aliphatic carbocycles. The molecule has 2 rings (SSSR count). The van der Waals surface area contributed by atoms with E-state index in [2.05, 4.69) is 0 Å². The molecule has 1 saturated heterocycles. The van der Waals surface area contributed by atoms with Gasteiger partial charge in [0.2, 0.25) is 0 Å². The number of amides is 1. The van der Waals surface area contributed by atoms with Crippen LogP contribution in [0.5, 0.6) is 0 Å². The van der Waals surface area contributed by atoms with E-state index in [0.29, 0.717) is 24.3 Å². The van der Waals surface area contributed by atoms with Gasteiger partial charge in [-0.15, -0.1) is 0 Å². The van der Waals surface area contributed by atoms with Crippen molar-refractivity contribution in [1.29, 1.82) is 5.26 Å². The van der Waals surface area contributed by atoms with Crippen LogP contribution in [-0.2, 0) is 7.05 Å². The molecule has 2 heterocycles. The topological polar surface area (TPSA) is 69.3 Å².